The first-order chi connectivity index (χ1) is 28.7. The Kier molecular flexibility index (Phi) is 43.8. The van der Waals surface area contributed by atoms with Gasteiger partial charge in [0.1, 0.15) is 12.1 Å². The molecule has 0 saturated carbocycles. The van der Waals surface area contributed by atoms with Gasteiger partial charge in [-0.15, -0.1) is 0 Å². The number of hydrogen-bond donors (Lipinski definition) is 3. The van der Waals surface area contributed by atoms with Crippen molar-refractivity contribution in [3.63, 3.8) is 0 Å². The molecule has 0 aromatic rings. The number of nitrogens with two attached hydrogens (primary N) is 1. The van der Waals surface area contributed by atoms with Gasteiger partial charge in [0.25, 0.3) is 0 Å². The molecule has 0 amide bonds. The van der Waals surface area contributed by atoms with Crippen LogP contribution in [-0.2, 0) is 32.7 Å². The fraction of sp³-hybridized carbons (Fsp3) is 0.917. The second-order valence-corrected chi connectivity index (χ2v) is 18.4. The van der Waals surface area contributed by atoms with Crippen molar-refractivity contribution in [2.24, 2.45) is 5.73 Å². The van der Waals surface area contributed by atoms with Crippen molar-refractivity contribution in [2.75, 3.05) is 26.4 Å². The van der Waals surface area contributed by atoms with Gasteiger partial charge in [-0.1, -0.05) is 212 Å². The smallest absolute Gasteiger partial charge is 0.472 e. The zero-order chi connectivity index (χ0) is 43.3. The van der Waals surface area contributed by atoms with E-state index in [2.05, 4.69) is 26.0 Å². The molecule has 0 aliphatic carbocycles. The molecular weight excluding hydrogens is 766 g/mol. The largest absolute Gasteiger partial charge is 0.480 e. The molecule has 59 heavy (non-hydrogen) atoms. The molecule has 0 aliphatic heterocycles. The molecule has 0 bridgehead atoms. The second-order valence-electron chi connectivity index (χ2n) is 17.0. The minimum Gasteiger partial charge on any atom is -0.480 e. The van der Waals surface area contributed by atoms with Gasteiger partial charge in [0.15, 0.2) is 0 Å². The molecule has 0 aromatic carbocycles. The Morgan fingerprint density at radius 3 is 1.29 bits per heavy atom. The molecule has 10 nitrogen and oxygen atoms in total. The topological polar surface area (TPSA) is 155 Å². The molecule has 0 aromatic heterocycles. The van der Waals surface area contributed by atoms with Crippen LogP contribution in [0.15, 0.2) is 12.2 Å². The Morgan fingerprint density at radius 2 is 0.881 bits per heavy atom. The number of aliphatic carboxylic acids is 1. The van der Waals surface area contributed by atoms with Crippen LogP contribution in [0.5, 0.6) is 0 Å². The van der Waals surface area contributed by atoms with Gasteiger partial charge in [0.2, 0.25) is 0 Å². The van der Waals surface area contributed by atoms with Crippen LogP contribution in [0.1, 0.15) is 245 Å². The van der Waals surface area contributed by atoms with E-state index < -0.39 is 45.1 Å². The Labute approximate surface area is 362 Å². The fourth-order valence-corrected chi connectivity index (χ4v) is 7.97. The van der Waals surface area contributed by atoms with Gasteiger partial charge in [-0.3, -0.25) is 18.6 Å². The Bertz CT molecular complexity index is 998. The summed E-state index contributed by atoms with van der Waals surface area (Å²) in [5.74, 6) is -1.77. The van der Waals surface area contributed by atoms with Crippen LogP contribution in [0.3, 0.4) is 0 Å². The molecule has 11 heteroatoms. The minimum atomic E-state index is -4.61. The van der Waals surface area contributed by atoms with E-state index in [1.807, 2.05) is 0 Å². The van der Waals surface area contributed by atoms with E-state index in [0.717, 1.165) is 38.5 Å². The average Bonchev–Trinajstić information content (AvgIpc) is 3.21. The molecule has 0 heterocycles. The van der Waals surface area contributed by atoms with Gasteiger partial charge in [-0.25, -0.2) is 4.57 Å². The summed E-state index contributed by atoms with van der Waals surface area (Å²) < 4.78 is 33.5. The van der Waals surface area contributed by atoms with Crippen LogP contribution < -0.4 is 5.73 Å². The van der Waals surface area contributed by atoms with E-state index in [9.17, 15) is 19.0 Å². The number of carbonyl (C=O) groups is 2. The van der Waals surface area contributed by atoms with Crippen molar-refractivity contribution in [1.82, 2.24) is 0 Å². The lowest BCUT2D eigenvalue weighted by atomic mass is 10.0. The summed E-state index contributed by atoms with van der Waals surface area (Å²) in [7, 11) is -4.61. The Hall–Kier alpha value is -1.29. The minimum absolute atomic E-state index is 0.0225. The normalized spacial score (nSPS) is 13.8. The molecule has 4 N–H and O–H groups in total. The lowest BCUT2D eigenvalue weighted by Gasteiger charge is -2.20. The van der Waals surface area contributed by atoms with Crippen molar-refractivity contribution in [1.29, 1.82) is 0 Å². The molecule has 350 valence electrons. The number of ether oxygens (including phenoxy) is 2. The number of rotatable bonds is 48. The van der Waals surface area contributed by atoms with E-state index in [1.165, 1.54) is 180 Å². The van der Waals surface area contributed by atoms with Gasteiger partial charge in [-0.2, -0.15) is 0 Å². The van der Waals surface area contributed by atoms with Crippen LogP contribution in [0.25, 0.3) is 0 Å². The van der Waals surface area contributed by atoms with Crippen molar-refractivity contribution < 1.29 is 42.7 Å². The second kappa shape index (κ2) is 44.8. The maximum Gasteiger partial charge on any atom is 0.472 e. The number of carbonyl (C=O) groups excluding carboxylic acids is 1. The summed E-state index contributed by atoms with van der Waals surface area (Å²) in [5.41, 5.74) is 5.37. The zero-order valence-corrected chi connectivity index (χ0v) is 39.3. The van der Waals surface area contributed by atoms with Crippen LogP contribution in [-0.4, -0.2) is 60.5 Å². The first-order valence-electron chi connectivity index (χ1n) is 24.7. The maximum atomic E-state index is 12.7. The number of hydrogen-bond acceptors (Lipinski definition) is 8. The van der Waals surface area contributed by atoms with E-state index in [0.29, 0.717) is 13.0 Å². The van der Waals surface area contributed by atoms with Crippen molar-refractivity contribution in [3.05, 3.63) is 12.2 Å². The summed E-state index contributed by atoms with van der Waals surface area (Å²) in [6, 6.07) is -1.47. The highest BCUT2D eigenvalue weighted by Crippen LogP contribution is 2.43. The molecule has 0 radical (unpaired) electrons. The molecule has 3 atom stereocenters. The molecular formula is C48H94NO9P. The standard InChI is InChI=1S/C48H94NO9P/c1-3-5-7-9-11-13-15-17-19-21-22-23-24-25-26-28-30-32-34-36-38-40-47(50)58-45(43-56-59(53,54)57-44-46(49)48(51)52)42-55-41-39-37-35-33-31-29-27-20-18-16-14-12-10-8-6-4-2/h21-22,45-46H,3-20,23-44,49H2,1-2H3,(H,51,52)(H,53,54)/b22-21-. The Morgan fingerprint density at radius 1 is 0.525 bits per heavy atom. The number of unbranched alkanes of at least 4 members (excludes halogenated alkanes) is 32. The Balaban J connectivity index is 4.12. The number of carboxylic acids is 1. The van der Waals surface area contributed by atoms with E-state index >= 15 is 0 Å². The first kappa shape index (κ1) is 57.7. The number of carboxylic acid groups (broad SMARTS) is 1. The molecule has 0 aliphatic rings. The highest BCUT2D eigenvalue weighted by Gasteiger charge is 2.27. The van der Waals surface area contributed by atoms with E-state index in [4.69, 9.17) is 29.4 Å². The maximum absolute atomic E-state index is 12.7. The van der Waals surface area contributed by atoms with Crippen LogP contribution >= 0.6 is 7.82 Å². The fourth-order valence-electron chi connectivity index (χ4n) is 7.19. The van der Waals surface area contributed by atoms with E-state index in [-0.39, 0.29) is 13.0 Å². The monoisotopic (exact) mass is 860 g/mol. The molecule has 0 spiro atoms. The van der Waals surface area contributed by atoms with E-state index in [1.54, 1.807) is 0 Å². The predicted octanol–water partition coefficient (Wildman–Crippen LogP) is 14.1. The molecule has 0 fully saturated rings. The van der Waals surface area contributed by atoms with Crippen molar-refractivity contribution >= 4 is 19.8 Å². The molecule has 0 saturated heterocycles. The molecule has 0 rings (SSSR count). The number of allylic oxidation sites excluding steroid dienone is 2. The van der Waals surface area contributed by atoms with Crippen LogP contribution in [0.4, 0.5) is 0 Å². The van der Waals surface area contributed by atoms with Gasteiger partial charge in [0.05, 0.1) is 19.8 Å². The quantitative estimate of drug-likeness (QED) is 0.0233. The van der Waals surface area contributed by atoms with Gasteiger partial charge < -0.3 is 25.2 Å². The lowest BCUT2D eigenvalue weighted by molar-refractivity contribution is -0.154. The highest BCUT2D eigenvalue weighted by atomic mass is 31.2. The van der Waals surface area contributed by atoms with Gasteiger partial charge in [0, 0.05) is 13.0 Å². The number of phosphoric acid groups is 1. The van der Waals surface area contributed by atoms with Crippen molar-refractivity contribution in [3.8, 4) is 0 Å². The third-order valence-electron chi connectivity index (χ3n) is 11.0. The summed E-state index contributed by atoms with van der Waals surface area (Å²) >= 11 is 0. The third kappa shape index (κ3) is 44.6. The van der Waals surface area contributed by atoms with Gasteiger partial charge in [-0.05, 0) is 38.5 Å². The first-order valence-corrected chi connectivity index (χ1v) is 26.2. The third-order valence-corrected chi connectivity index (χ3v) is 12.0. The van der Waals surface area contributed by atoms with Crippen LogP contribution in [0, 0.1) is 0 Å². The van der Waals surface area contributed by atoms with Crippen LogP contribution in [0.2, 0.25) is 0 Å². The lowest BCUT2D eigenvalue weighted by Crippen LogP contribution is -2.34. The summed E-state index contributed by atoms with van der Waals surface area (Å²) in [4.78, 5) is 33.6. The number of esters is 1. The summed E-state index contributed by atoms with van der Waals surface area (Å²) in [5, 5.41) is 8.92. The predicted molar refractivity (Wildman–Crippen MR) is 245 cm³/mol. The van der Waals surface area contributed by atoms with Gasteiger partial charge >= 0.3 is 19.8 Å². The SMILES string of the molecule is CCCCCCCCCC/C=C\CCCCCCCCCCCC(=O)OC(COCCCCCCCCCCCCCCCCCC)COP(=O)(O)OCC(N)C(=O)O. The molecule has 3 unspecified atom stereocenters. The van der Waals surface area contributed by atoms with Crippen molar-refractivity contribution in [2.45, 2.75) is 257 Å². The summed E-state index contributed by atoms with van der Waals surface area (Å²) in [6.07, 6.45) is 48.3. The number of phosphoric ester groups is 1. The highest BCUT2D eigenvalue weighted by molar-refractivity contribution is 7.47. The average molecular weight is 860 g/mol. The summed E-state index contributed by atoms with van der Waals surface area (Å²) in [6.45, 7) is 3.93. The zero-order valence-electron chi connectivity index (χ0n) is 38.4.